The van der Waals surface area contributed by atoms with E-state index < -0.39 is 29.5 Å². The van der Waals surface area contributed by atoms with E-state index in [1.165, 1.54) is 6.92 Å². The van der Waals surface area contributed by atoms with Crippen LogP contribution >= 0.6 is 0 Å². The molecule has 1 aliphatic rings. The summed E-state index contributed by atoms with van der Waals surface area (Å²) in [6.07, 6.45) is 1.18. The van der Waals surface area contributed by atoms with E-state index >= 15 is 0 Å². The predicted molar refractivity (Wildman–Crippen MR) is 138 cm³/mol. The van der Waals surface area contributed by atoms with Crippen molar-refractivity contribution in [1.82, 2.24) is 4.90 Å². The zero-order valence-corrected chi connectivity index (χ0v) is 21.1. The van der Waals surface area contributed by atoms with Gasteiger partial charge in [-0.25, -0.2) is 8.78 Å². The normalized spacial score (nSPS) is 18.1. The summed E-state index contributed by atoms with van der Waals surface area (Å²) < 4.78 is 28.5. The smallest absolute Gasteiger partial charge is 0.257 e. The Balaban J connectivity index is 1.69. The molecule has 0 radical (unpaired) electrons. The summed E-state index contributed by atoms with van der Waals surface area (Å²) >= 11 is 0. The Morgan fingerprint density at radius 2 is 1.69 bits per heavy atom. The zero-order valence-electron chi connectivity index (χ0n) is 21.1. The van der Waals surface area contributed by atoms with Crippen molar-refractivity contribution in [3.63, 3.8) is 0 Å². The van der Waals surface area contributed by atoms with Crippen molar-refractivity contribution < 1.29 is 18.4 Å². The van der Waals surface area contributed by atoms with Crippen LogP contribution in [0.4, 0.5) is 14.5 Å². The molecule has 0 aromatic heterocycles. The van der Waals surface area contributed by atoms with E-state index in [1.807, 2.05) is 54.6 Å². The number of nitrogens with one attached hydrogen (secondary N) is 1. The molecule has 0 saturated carbocycles. The predicted octanol–water partition coefficient (Wildman–Crippen LogP) is 6.80. The highest BCUT2D eigenvalue weighted by Crippen LogP contribution is 2.38. The molecule has 1 heterocycles. The van der Waals surface area contributed by atoms with Crippen LogP contribution in [0.1, 0.15) is 66.7 Å². The number of aryl methyl sites for hydroxylation is 1. The van der Waals surface area contributed by atoms with Crippen molar-refractivity contribution >= 4 is 17.5 Å². The number of hydrogen-bond acceptors (Lipinski definition) is 2. The second kappa shape index (κ2) is 10.2. The average molecular weight is 491 g/mol. The molecule has 6 heteroatoms. The number of nitrogens with zero attached hydrogens (tertiary/aromatic N) is 1. The maximum absolute atomic E-state index is 14.8. The molecule has 4 rings (SSSR count). The number of hydrogen-bond donors (Lipinski definition) is 1. The van der Waals surface area contributed by atoms with E-state index in [-0.39, 0.29) is 22.4 Å². The van der Waals surface area contributed by atoms with E-state index in [2.05, 4.69) is 26.1 Å². The van der Waals surface area contributed by atoms with Gasteiger partial charge < -0.3 is 10.2 Å². The zero-order chi connectivity index (χ0) is 26.0. The van der Waals surface area contributed by atoms with E-state index in [1.54, 1.807) is 4.90 Å². The summed E-state index contributed by atoms with van der Waals surface area (Å²) in [5.74, 6) is -2.88. The van der Waals surface area contributed by atoms with Gasteiger partial charge in [0.05, 0.1) is 17.5 Å². The minimum absolute atomic E-state index is 0.0710. The molecule has 1 N–H and O–H groups in total. The van der Waals surface area contributed by atoms with Crippen molar-refractivity contribution in [1.29, 1.82) is 0 Å². The molecule has 0 bridgehead atoms. The van der Waals surface area contributed by atoms with Gasteiger partial charge in [0.2, 0.25) is 5.91 Å². The fourth-order valence-electron chi connectivity index (χ4n) is 4.98. The minimum atomic E-state index is -0.894. The van der Waals surface area contributed by atoms with E-state index in [0.29, 0.717) is 25.1 Å². The maximum atomic E-state index is 14.8. The molecule has 3 aromatic carbocycles. The first kappa shape index (κ1) is 25.5. The van der Waals surface area contributed by atoms with Crippen LogP contribution in [0.15, 0.2) is 66.7 Å². The monoisotopic (exact) mass is 490 g/mol. The highest BCUT2D eigenvalue weighted by atomic mass is 19.1. The summed E-state index contributed by atoms with van der Waals surface area (Å²) in [6.45, 7) is 8.23. The van der Waals surface area contributed by atoms with Crippen LogP contribution in [0, 0.1) is 24.5 Å². The molecule has 1 fully saturated rings. The highest BCUT2D eigenvalue weighted by molar-refractivity contribution is 5.98. The Bertz CT molecular complexity index is 1240. The first-order chi connectivity index (χ1) is 17.1. The molecule has 2 atom stereocenters. The third-order valence-corrected chi connectivity index (χ3v) is 6.83. The summed E-state index contributed by atoms with van der Waals surface area (Å²) in [4.78, 5) is 28.8. The van der Waals surface area contributed by atoms with Crippen LogP contribution in [0.25, 0.3) is 0 Å². The number of piperidine rings is 1. The first-order valence-corrected chi connectivity index (χ1v) is 12.3. The standard InChI is InChI=1S/C30H32F2N2O2/c1-19-16-22(31)18-25(32)26(19)29(36)34-15-9-14-24(27(34)20-10-6-5-7-11-20)28(35)33-23-13-8-12-21(17-23)30(2,3)4/h5-8,10-13,16-18,24,27H,9,14-15H2,1-4H3,(H,33,35). The van der Waals surface area contributed by atoms with Crippen LogP contribution in [0.5, 0.6) is 0 Å². The molecule has 36 heavy (non-hydrogen) atoms. The number of carbonyl (C=O) groups is 2. The largest absolute Gasteiger partial charge is 0.331 e. The third-order valence-electron chi connectivity index (χ3n) is 6.83. The van der Waals surface area contributed by atoms with Gasteiger partial charge in [-0.3, -0.25) is 9.59 Å². The van der Waals surface area contributed by atoms with Crippen molar-refractivity contribution in [3.05, 3.63) is 101 Å². The number of rotatable bonds is 4. The van der Waals surface area contributed by atoms with E-state index in [4.69, 9.17) is 0 Å². The number of likely N-dealkylation sites (tertiary alicyclic amines) is 1. The molecule has 1 saturated heterocycles. The Labute approximate surface area is 211 Å². The molecule has 0 spiro atoms. The Kier molecular flexibility index (Phi) is 7.25. The first-order valence-electron chi connectivity index (χ1n) is 12.3. The number of anilines is 1. The summed E-state index contributed by atoms with van der Waals surface area (Å²) in [6, 6.07) is 18.4. The van der Waals surface area contributed by atoms with Gasteiger partial charge in [-0.15, -0.1) is 0 Å². The second-order valence-electron chi connectivity index (χ2n) is 10.5. The SMILES string of the molecule is Cc1cc(F)cc(F)c1C(=O)N1CCCC(C(=O)Nc2cccc(C(C)(C)C)c2)C1c1ccccc1. The lowest BCUT2D eigenvalue weighted by atomic mass is 9.83. The topological polar surface area (TPSA) is 49.4 Å². The van der Waals surface area contributed by atoms with Crippen LogP contribution in [0.2, 0.25) is 0 Å². The second-order valence-corrected chi connectivity index (χ2v) is 10.5. The molecular formula is C30H32F2N2O2. The summed E-state index contributed by atoms with van der Waals surface area (Å²) in [5, 5.41) is 3.05. The number of benzene rings is 3. The average Bonchev–Trinajstić information content (AvgIpc) is 2.83. The van der Waals surface area contributed by atoms with Crippen LogP contribution in [-0.2, 0) is 10.2 Å². The van der Waals surface area contributed by atoms with Crippen molar-refractivity contribution in [2.75, 3.05) is 11.9 Å². The lowest BCUT2D eigenvalue weighted by Gasteiger charge is -2.41. The van der Waals surface area contributed by atoms with E-state index in [0.717, 1.165) is 23.3 Å². The molecular weight excluding hydrogens is 458 g/mol. The van der Waals surface area contributed by atoms with E-state index in [9.17, 15) is 18.4 Å². The molecule has 1 aliphatic heterocycles. The van der Waals surface area contributed by atoms with Gasteiger partial charge in [0.1, 0.15) is 11.6 Å². The summed E-state index contributed by atoms with van der Waals surface area (Å²) in [7, 11) is 0. The number of halogens is 2. The van der Waals surface area contributed by atoms with Crippen molar-refractivity contribution in [2.45, 2.75) is 52.0 Å². The van der Waals surface area contributed by atoms with Crippen LogP contribution < -0.4 is 5.32 Å². The molecule has 3 aromatic rings. The van der Waals surface area contributed by atoms with Crippen LogP contribution in [0.3, 0.4) is 0 Å². The van der Waals surface area contributed by atoms with Gasteiger partial charge in [-0.2, -0.15) is 0 Å². The van der Waals surface area contributed by atoms with Gasteiger partial charge in [-0.1, -0.05) is 63.2 Å². The van der Waals surface area contributed by atoms with Crippen molar-refractivity contribution in [2.24, 2.45) is 5.92 Å². The quantitative estimate of drug-likeness (QED) is 0.437. The van der Waals surface area contributed by atoms with Crippen molar-refractivity contribution in [3.8, 4) is 0 Å². The lowest BCUT2D eigenvalue weighted by Crippen LogP contribution is -2.46. The number of amides is 2. The molecule has 0 aliphatic carbocycles. The summed E-state index contributed by atoms with van der Waals surface area (Å²) in [5.41, 5.74) is 2.60. The van der Waals surface area contributed by atoms with Gasteiger partial charge in [0.15, 0.2) is 0 Å². The third kappa shape index (κ3) is 5.32. The highest BCUT2D eigenvalue weighted by Gasteiger charge is 2.40. The molecule has 188 valence electrons. The van der Waals surface area contributed by atoms with Gasteiger partial charge in [-0.05, 0) is 60.1 Å². The van der Waals surface area contributed by atoms with Gasteiger partial charge in [0.25, 0.3) is 5.91 Å². The molecule has 2 unspecified atom stereocenters. The fourth-order valence-corrected chi connectivity index (χ4v) is 4.98. The molecule has 4 nitrogen and oxygen atoms in total. The Morgan fingerprint density at radius 1 is 0.972 bits per heavy atom. The lowest BCUT2D eigenvalue weighted by molar-refractivity contribution is -0.123. The Hall–Kier alpha value is -3.54. The van der Waals surface area contributed by atoms with Crippen LogP contribution in [-0.4, -0.2) is 23.3 Å². The Morgan fingerprint density at radius 3 is 2.36 bits per heavy atom. The van der Waals surface area contributed by atoms with Gasteiger partial charge in [0, 0.05) is 18.3 Å². The fraction of sp³-hybridized carbons (Fsp3) is 0.333. The number of carbonyl (C=O) groups excluding carboxylic acids is 2. The maximum Gasteiger partial charge on any atom is 0.257 e. The van der Waals surface area contributed by atoms with Gasteiger partial charge >= 0.3 is 0 Å². The molecule has 2 amide bonds. The minimum Gasteiger partial charge on any atom is -0.331 e.